The Morgan fingerprint density at radius 2 is 2.14 bits per heavy atom. The van der Waals surface area contributed by atoms with Crippen molar-refractivity contribution in [2.24, 2.45) is 5.73 Å². The van der Waals surface area contributed by atoms with Crippen LogP contribution < -0.4 is 11.1 Å². The summed E-state index contributed by atoms with van der Waals surface area (Å²) in [4.78, 5) is 12.2. The second kappa shape index (κ2) is 5.78. The Morgan fingerprint density at radius 1 is 1.38 bits per heavy atom. The largest absolute Gasteiger partial charge is 0.364 e. The molecule has 0 radical (unpaired) electrons. The van der Waals surface area contributed by atoms with E-state index in [1.807, 2.05) is 0 Å². The molecule has 2 aliphatic rings. The van der Waals surface area contributed by atoms with Gasteiger partial charge in [-0.05, 0) is 43.7 Å². The third kappa shape index (κ3) is 2.97. The average Bonchev–Trinajstić information content (AvgIpc) is 3.12. The quantitative estimate of drug-likeness (QED) is 0.866. The van der Waals surface area contributed by atoms with E-state index in [1.54, 1.807) is 0 Å². The molecular weight excluding hydrogens is 264 g/mol. The molecule has 4 nitrogen and oxygen atoms in total. The van der Waals surface area contributed by atoms with Crippen LogP contribution in [0.3, 0.4) is 0 Å². The highest BCUT2D eigenvalue weighted by Gasteiger charge is 2.45. The first kappa shape index (κ1) is 14.5. The molecule has 3 rings (SSSR count). The van der Waals surface area contributed by atoms with Crippen LogP contribution in [0, 0.1) is 6.92 Å². The molecular formula is C17H24N2O2. The lowest BCUT2D eigenvalue weighted by Gasteiger charge is -2.20. The Balaban J connectivity index is 1.58. The molecule has 0 unspecified atom stereocenters. The highest BCUT2D eigenvalue weighted by molar-refractivity contribution is 5.81. The Hall–Kier alpha value is -1.39. The first-order chi connectivity index (χ1) is 10.1. The van der Waals surface area contributed by atoms with E-state index in [4.69, 9.17) is 10.5 Å². The fourth-order valence-corrected chi connectivity index (χ4v) is 3.30. The van der Waals surface area contributed by atoms with Gasteiger partial charge >= 0.3 is 0 Å². The molecule has 0 bridgehead atoms. The van der Waals surface area contributed by atoms with E-state index in [1.165, 1.54) is 11.1 Å². The normalized spacial score (nSPS) is 26.6. The summed E-state index contributed by atoms with van der Waals surface area (Å²) < 4.78 is 5.65. The molecule has 1 aromatic rings. The number of amides is 1. The van der Waals surface area contributed by atoms with Gasteiger partial charge in [0.15, 0.2) is 0 Å². The molecule has 1 aliphatic heterocycles. The monoisotopic (exact) mass is 288 g/mol. The van der Waals surface area contributed by atoms with E-state index in [9.17, 15) is 4.79 Å². The minimum absolute atomic E-state index is 0.0193. The average molecular weight is 288 g/mol. The molecule has 4 heteroatoms. The maximum Gasteiger partial charge on any atom is 0.249 e. The van der Waals surface area contributed by atoms with Crippen LogP contribution in [0.4, 0.5) is 0 Å². The fourth-order valence-electron chi connectivity index (χ4n) is 3.30. The van der Waals surface area contributed by atoms with Crippen LogP contribution >= 0.6 is 0 Å². The van der Waals surface area contributed by atoms with Gasteiger partial charge in [-0.2, -0.15) is 0 Å². The number of nitrogens with one attached hydrogen (secondary N) is 1. The number of rotatable bonds is 5. The molecule has 1 aliphatic carbocycles. The molecule has 2 fully saturated rings. The highest BCUT2D eigenvalue weighted by atomic mass is 16.5. The third-order valence-electron chi connectivity index (χ3n) is 4.83. The van der Waals surface area contributed by atoms with Crippen molar-refractivity contribution in [1.29, 1.82) is 0 Å². The summed E-state index contributed by atoms with van der Waals surface area (Å²) in [5, 5.41) is 3.09. The van der Waals surface area contributed by atoms with E-state index in [2.05, 4.69) is 36.5 Å². The van der Waals surface area contributed by atoms with Crippen LogP contribution in [0.1, 0.15) is 36.8 Å². The maximum atomic E-state index is 12.2. The minimum atomic E-state index is -0.314. The molecule has 1 amide bonds. The van der Waals surface area contributed by atoms with Crippen molar-refractivity contribution in [3.63, 3.8) is 0 Å². The number of aryl methyl sites for hydroxylation is 1. The molecule has 1 saturated carbocycles. The lowest BCUT2D eigenvalue weighted by Crippen LogP contribution is -2.39. The molecule has 3 N–H and O–H groups in total. The molecule has 0 aromatic heterocycles. The smallest absolute Gasteiger partial charge is 0.249 e. The Kier molecular flexibility index (Phi) is 4.00. The summed E-state index contributed by atoms with van der Waals surface area (Å²) in [6.45, 7) is 3.35. The van der Waals surface area contributed by atoms with Crippen molar-refractivity contribution in [2.45, 2.75) is 50.2 Å². The summed E-state index contributed by atoms with van der Waals surface area (Å²) in [5.41, 5.74) is 8.41. The Morgan fingerprint density at radius 3 is 2.76 bits per heavy atom. The predicted molar refractivity (Wildman–Crippen MR) is 82.1 cm³/mol. The summed E-state index contributed by atoms with van der Waals surface area (Å²) in [6, 6.07) is 8.47. The van der Waals surface area contributed by atoms with Gasteiger partial charge in [0.05, 0.1) is 6.10 Å². The third-order valence-corrected chi connectivity index (χ3v) is 4.83. The van der Waals surface area contributed by atoms with Crippen LogP contribution in [0.25, 0.3) is 0 Å². The second-order valence-electron chi connectivity index (χ2n) is 6.37. The number of carbonyl (C=O) groups is 1. The van der Waals surface area contributed by atoms with Gasteiger partial charge < -0.3 is 15.8 Å². The van der Waals surface area contributed by atoms with Gasteiger partial charge in [-0.15, -0.1) is 0 Å². The van der Waals surface area contributed by atoms with E-state index in [-0.39, 0.29) is 23.5 Å². The SMILES string of the molecule is Cc1ccccc1C1(CNC(=O)[C@@H]2CC[C@H](CN)O2)CC1. The van der Waals surface area contributed by atoms with Crippen molar-refractivity contribution >= 4 is 5.91 Å². The van der Waals surface area contributed by atoms with Crippen LogP contribution in [0.5, 0.6) is 0 Å². The van der Waals surface area contributed by atoms with Gasteiger partial charge in [-0.1, -0.05) is 24.3 Å². The van der Waals surface area contributed by atoms with E-state index in [0.717, 1.165) is 25.7 Å². The maximum absolute atomic E-state index is 12.2. The van der Waals surface area contributed by atoms with Gasteiger partial charge in [-0.25, -0.2) is 0 Å². The van der Waals surface area contributed by atoms with E-state index in [0.29, 0.717) is 13.1 Å². The summed E-state index contributed by atoms with van der Waals surface area (Å²) in [6.07, 6.45) is 3.70. The summed E-state index contributed by atoms with van der Waals surface area (Å²) in [7, 11) is 0. The molecule has 1 heterocycles. The standard InChI is InChI=1S/C17H24N2O2/c1-12-4-2-3-5-14(12)17(8-9-17)11-19-16(20)15-7-6-13(10-18)21-15/h2-5,13,15H,6-11,18H2,1H3,(H,19,20)/t13-,15+/m1/s1. The molecule has 2 atom stereocenters. The lowest BCUT2D eigenvalue weighted by atomic mass is 9.92. The summed E-state index contributed by atoms with van der Waals surface area (Å²) in [5.74, 6) is 0.0193. The molecule has 21 heavy (non-hydrogen) atoms. The fraction of sp³-hybridized carbons (Fsp3) is 0.588. The van der Waals surface area contributed by atoms with Crippen LogP contribution in [-0.4, -0.2) is 31.2 Å². The van der Waals surface area contributed by atoms with Crippen molar-refractivity contribution in [3.05, 3.63) is 35.4 Å². The zero-order chi connectivity index (χ0) is 14.9. The lowest BCUT2D eigenvalue weighted by molar-refractivity contribution is -0.131. The first-order valence-corrected chi connectivity index (χ1v) is 7.84. The number of hydrogen-bond acceptors (Lipinski definition) is 3. The van der Waals surface area contributed by atoms with Gasteiger partial charge in [0.2, 0.25) is 5.91 Å². The minimum Gasteiger partial charge on any atom is -0.364 e. The predicted octanol–water partition coefficient (Wildman–Crippen LogP) is 1.65. The van der Waals surface area contributed by atoms with E-state index < -0.39 is 0 Å². The van der Waals surface area contributed by atoms with Crippen LogP contribution in [0.2, 0.25) is 0 Å². The zero-order valence-electron chi connectivity index (χ0n) is 12.6. The molecule has 1 saturated heterocycles. The van der Waals surface area contributed by atoms with Crippen LogP contribution in [-0.2, 0) is 14.9 Å². The zero-order valence-corrected chi connectivity index (χ0v) is 12.6. The number of ether oxygens (including phenoxy) is 1. The summed E-state index contributed by atoms with van der Waals surface area (Å²) >= 11 is 0. The van der Waals surface area contributed by atoms with Gasteiger partial charge in [0, 0.05) is 18.5 Å². The second-order valence-corrected chi connectivity index (χ2v) is 6.37. The highest BCUT2D eigenvalue weighted by Crippen LogP contribution is 2.48. The number of benzene rings is 1. The number of nitrogens with two attached hydrogens (primary N) is 1. The van der Waals surface area contributed by atoms with Gasteiger partial charge in [-0.3, -0.25) is 4.79 Å². The topological polar surface area (TPSA) is 64.4 Å². The molecule has 1 aromatic carbocycles. The first-order valence-electron chi connectivity index (χ1n) is 7.84. The van der Waals surface area contributed by atoms with Crippen molar-refractivity contribution in [2.75, 3.05) is 13.1 Å². The van der Waals surface area contributed by atoms with Gasteiger partial charge in [0.1, 0.15) is 6.10 Å². The van der Waals surface area contributed by atoms with E-state index >= 15 is 0 Å². The Labute approximate surface area is 126 Å². The van der Waals surface area contributed by atoms with Crippen molar-refractivity contribution in [1.82, 2.24) is 5.32 Å². The van der Waals surface area contributed by atoms with Crippen molar-refractivity contribution in [3.8, 4) is 0 Å². The van der Waals surface area contributed by atoms with Gasteiger partial charge in [0.25, 0.3) is 0 Å². The van der Waals surface area contributed by atoms with Crippen LogP contribution in [0.15, 0.2) is 24.3 Å². The molecule has 114 valence electrons. The number of hydrogen-bond donors (Lipinski definition) is 2. The van der Waals surface area contributed by atoms with Crippen molar-refractivity contribution < 1.29 is 9.53 Å². The molecule has 0 spiro atoms. The number of carbonyl (C=O) groups excluding carboxylic acids is 1. The Bertz CT molecular complexity index is 525.